The average Bonchev–Trinajstić information content (AvgIpc) is 2.68. The molecule has 1 heterocycles. The zero-order chi connectivity index (χ0) is 10.8. The molecule has 2 rings (SSSR count). The second kappa shape index (κ2) is 4.49. The van der Waals surface area contributed by atoms with E-state index in [0.717, 1.165) is 42.0 Å². The Labute approximate surface area is 90.7 Å². The number of halogens is 2. The summed E-state index contributed by atoms with van der Waals surface area (Å²) >= 11 is 1.04. The standard InChI is InChI=1S/C9H13F2N3S/c10-7(11)9-14-13-8(15-9)5-1-3-6(12)4-2-5/h5-7H,1-4,12H2. The van der Waals surface area contributed by atoms with Crippen molar-refractivity contribution >= 4 is 11.3 Å². The molecule has 1 aromatic rings. The predicted molar refractivity (Wildman–Crippen MR) is 54.1 cm³/mol. The lowest BCUT2D eigenvalue weighted by Crippen LogP contribution is -2.25. The lowest BCUT2D eigenvalue weighted by atomic mass is 9.87. The third kappa shape index (κ3) is 2.49. The predicted octanol–water partition coefficient (Wildman–Crippen LogP) is 2.46. The van der Waals surface area contributed by atoms with Gasteiger partial charge in [0, 0.05) is 12.0 Å². The number of alkyl halides is 2. The van der Waals surface area contributed by atoms with Gasteiger partial charge in [0.15, 0.2) is 5.01 Å². The summed E-state index contributed by atoms with van der Waals surface area (Å²) in [7, 11) is 0. The van der Waals surface area contributed by atoms with Gasteiger partial charge in [-0.2, -0.15) is 0 Å². The second-order valence-electron chi connectivity index (χ2n) is 3.89. The van der Waals surface area contributed by atoms with Gasteiger partial charge in [0.25, 0.3) is 6.43 Å². The number of hydrogen-bond donors (Lipinski definition) is 1. The third-order valence-corrected chi connectivity index (χ3v) is 3.86. The maximum Gasteiger partial charge on any atom is 0.291 e. The molecule has 3 nitrogen and oxygen atoms in total. The topological polar surface area (TPSA) is 51.8 Å². The van der Waals surface area contributed by atoms with E-state index in [1.807, 2.05) is 0 Å². The Morgan fingerprint density at radius 1 is 1.20 bits per heavy atom. The van der Waals surface area contributed by atoms with Crippen LogP contribution in [0.5, 0.6) is 0 Å². The molecule has 0 aliphatic heterocycles. The average molecular weight is 233 g/mol. The number of nitrogens with zero attached hydrogens (tertiary/aromatic N) is 2. The molecule has 84 valence electrons. The second-order valence-corrected chi connectivity index (χ2v) is 4.93. The van der Waals surface area contributed by atoms with Crippen molar-refractivity contribution < 1.29 is 8.78 Å². The summed E-state index contributed by atoms with van der Waals surface area (Å²) in [6, 6.07) is 0.267. The van der Waals surface area contributed by atoms with Crippen LogP contribution in [0.4, 0.5) is 8.78 Å². The quantitative estimate of drug-likeness (QED) is 0.853. The molecule has 1 fully saturated rings. The van der Waals surface area contributed by atoms with Gasteiger partial charge in [-0.15, -0.1) is 10.2 Å². The summed E-state index contributed by atoms with van der Waals surface area (Å²) < 4.78 is 24.6. The van der Waals surface area contributed by atoms with Crippen molar-refractivity contribution in [2.75, 3.05) is 0 Å². The molecular weight excluding hydrogens is 220 g/mol. The lowest BCUT2D eigenvalue weighted by molar-refractivity contribution is 0.150. The highest BCUT2D eigenvalue weighted by Gasteiger charge is 2.24. The molecule has 1 aliphatic carbocycles. The molecule has 0 saturated heterocycles. The van der Waals surface area contributed by atoms with E-state index in [1.54, 1.807) is 0 Å². The van der Waals surface area contributed by atoms with E-state index >= 15 is 0 Å². The van der Waals surface area contributed by atoms with Crippen LogP contribution in [0.1, 0.15) is 48.0 Å². The molecule has 1 saturated carbocycles. The van der Waals surface area contributed by atoms with Crippen molar-refractivity contribution in [2.45, 2.75) is 44.1 Å². The Hall–Kier alpha value is -0.620. The molecule has 0 unspecified atom stereocenters. The van der Waals surface area contributed by atoms with Crippen LogP contribution in [0.2, 0.25) is 0 Å². The zero-order valence-corrected chi connectivity index (χ0v) is 9.01. The fourth-order valence-corrected chi connectivity index (χ4v) is 2.73. The van der Waals surface area contributed by atoms with Gasteiger partial charge < -0.3 is 5.73 Å². The first-order valence-electron chi connectivity index (χ1n) is 5.04. The Morgan fingerprint density at radius 3 is 2.40 bits per heavy atom. The molecule has 6 heteroatoms. The summed E-state index contributed by atoms with van der Waals surface area (Å²) in [6.45, 7) is 0. The van der Waals surface area contributed by atoms with E-state index in [1.165, 1.54) is 0 Å². The van der Waals surface area contributed by atoms with Crippen LogP contribution in [-0.4, -0.2) is 16.2 Å². The summed E-state index contributed by atoms with van der Waals surface area (Å²) in [4.78, 5) is 0. The summed E-state index contributed by atoms with van der Waals surface area (Å²) in [6.07, 6.45) is 1.29. The Balaban J connectivity index is 2.03. The summed E-state index contributed by atoms with van der Waals surface area (Å²) in [5.74, 6) is 0.287. The van der Waals surface area contributed by atoms with Crippen molar-refractivity contribution in [3.63, 3.8) is 0 Å². The zero-order valence-electron chi connectivity index (χ0n) is 8.20. The minimum Gasteiger partial charge on any atom is -0.328 e. The molecule has 0 amide bonds. The molecule has 1 aromatic heterocycles. The molecule has 1 aliphatic rings. The van der Waals surface area contributed by atoms with Crippen molar-refractivity contribution in [1.29, 1.82) is 0 Å². The van der Waals surface area contributed by atoms with Gasteiger partial charge in [-0.05, 0) is 25.7 Å². The lowest BCUT2D eigenvalue weighted by Gasteiger charge is -2.23. The van der Waals surface area contributed by atoms with Gasteiger partial charge in [0.05, 0.1) is 0 Å². The maximum absolute atomic E-state index is 12.3. The van der Waals surface area contributed by atoms with Crippen molar-refractivity contribution in [1.82, 2.24) is 10.2 Å². The number of hydrogen-bond acceptors (Lipinski definition) is 4. The molecule has 0 atom stereocenters. The van der Waals surface area contributed by atoms with E-state index < -0.39 is 6.43 Å². The van der Waals surface area contributed by atoms with Gasteiger partial charge in [0.2, 0.25) is 0 Å². The summed E-state index contributed by atoms with van der Waals surface area (Å²) in [5, 5.41) is 7.91. The number of nitrogens with two attached hydrogens (primary N) is 1. The monoisotopic (exact) mass is 233 g/mol. The van der Waals surface area contributed by atoms with Gasteiger partial charge in [0.1, 0.15) is 5.01 Å². The van der Waals surface area contributed by atoms with Crippen LogP contribution in [0, 0.1) is 0 Å². The Morgan fingerprint density at radius 2 is 1.87 bits per heavy atom. The van der Waals surface area contributed by atoms with Crippen molar-refractivity contribution in [2.24, 2.45) is 5.73 Å². The molecule has 0 spiro atoms. The summed E-state index contributed by atoms with van der Waals surface area (Å²) in [5.41, 5.74) is 5.78. The van der Waals surface area contributed by atoms with E-state index in [4.69, 9.17) is 5.73 Å². The fourth-order valence-electron chi connectivity index (χ4n) is 1.87. The fraction of sp³-hybridized carbons (Fsp3) is 0.778. The first-order chi connectivity index (χ1) is 7.16. The first kappa shape index (κ1) is 10.9. The first-order valence-corrected chi connectivity index (χ1v) is 5.85. The smallest absolute Gasteiger partial charge is 0.291 e. The van der Waals surface area contributed by atoms with Crippen LogP contribution < -0.4 is 5.73 Å². The molecule has 0 bridgehead atoms. The van der Waals surface area contributed by atoms with Crippen LogP contribution in [0.15, 0.2) is 0 Å². The van der Waals surface area contributed by atoms with Crippen molar-refractivity contribution in [3.05, 3.63) is 10.0 Å². The highest BCUT2D eigenvalue weighted by molar-refractivity contribution is 7.11. The van der Waals surface area contributed by atoms with Crippen molar-refractivity contribution in [3.8, 4) is 0 Å². The van der Waals surface area contributed by atoms with Gasteiger partial charge in [-0.1, -0.05) is 11.3 Å². The third-order valence-electron chi connectivity index (χ3n) is 2.76. The Bertz CT molecular complexity index is 321. The van der Waals surface area contributed by atoms with E-state index in [2.05, 4.69) is 10.2 Å². The molecule has 0 aromatic carbocycles. The highest BCUT2D eigenvalue weighted by Crippen LogP contribution is 2.35. The van der Waals surface area contributed by atoms with Gasteiger partial charge in [-0.3, -0.25) is 0 Å². The van der Waals surface area contributed by atoms with Crippen LogP contribution >= 0.6 is 11.3 Å². The largest absolute Gasteiger partial charge is 0.328 e. The van der Waals surface area contributed by atoms with Crippen LogP contribution in [0.3, 0.4) is 0 Å². The normalized spacial score (nSPS) is 27.2. The molecule has 2 N–H and O–H groups in total. The molecular formula is C9H13F2N3S. The molecule has 15 heavy (non-hydrogen) atoms. The SMILES string of the molecule is NC1CCC(c2nnc(C(F)F)s2)CC1. The van der Waals surface area contributed by atoms with Gasteiger partial charge in [-0.25, -0.2) is 8.78 Å². The van der Waals surface area contributed by atoms with E-state index in [0.29, 0.717) is 0 Å². The number of rotatable bonds is 2. The van der Waals surface area contributed by atoms with E-state index in [9.17, 15) is 8.78 Å². The Kier molecular flexibility index (Phi) is 3.25. The maximum atomic E-state index is 12.3. The van der Waals surface area contributed by atoms with Crippen LogP contribution in [-0.2, 0) is 0 Å². The highest BCUT2D eigenvalue weighted by atomic mass is 32.1. The minimum absolute atomic E-state index is 0.167. The molecule has 0 radical (unpaired) electrons. The van der Waals surface area contributed by atoms with E-state index in [-0.39, 0.29) is 17.0 Å². The van der Waals surface area contributed by atoms with Gasteiger partial charge >= 0.3 is 0 Å². The minimum atomic E-state index is -2.50. The number of aromatic nitrogens is 2. The van der Waals surface area contributed by atoms with Crippen LogP contribution in [0.25, 0.3) is 0 Å².